The fourth-order valence-corrected chi connectivity index (χ4v) is 1.75. The molecule has 0 amide bonds. The molecule has 0 saturated heterocycles. The van der Waals surface area contributed by atoms with E-state index in [0.29, 0.717) is 24.9 Å². The van der Waals surface area contributed by atoms with Crippen LogP contribution in [0.25, 0.3) is 0 Å². The lowest BCUT2D eigenvalue weighted by molar-refractivity contribution is 0.124. The van der Waals surface area contributed by atoms with Gasteiger partial charge in [-0.1, -0.05) is 6.07 Å². The highest BCUT2D eigenvalue weighted by atomic mass is 16.5. The molecular formula is C14H23NO3. The number of rotatable bonds is 7. The number of phenolic OH excluding ortho intramolecular Hbond substituents is 1. The smallest absolute Gasteiger partial charge is 0.123 e. The summed E-state index contributed by atoms with van der Waals surface area (Å²) >= 11 is 0. The third-order valence-corrected chi connectivity index (χ3v) is 2.98. The second-order valence-electron chi connectivity index (χ2n) is 4.55. The molecule has 4 heteroatoms. The summed E-state index contributed by atoms with van der Waals surface area (Å²) in [6.07, 6.45) is 0. The van der Waals surface area contributed by atoms with Crippen molar-refractivity contribution in [3.63, 3.8) is 0 Å². The van der Waals surface area contributed by atoms with Gasteiger partial charge in [-0.2, -0.15) is 0 Å². The van der Waals surface area contributed by atoms with Crippen LogP contribution in [-0.4, -0.2) is 43.4 Å². The average molecular weight is 253 g/mol. The third kappa shape index (κ3) is 4.20. The lowest BCUT2D eigenvalue weighted by Crippen LogP contribution is -2.33. The van der Waals surface area contributed by atoms with Crippen molar-refractivity contribution in [3.8, 4) is 11.5 Å². The van der Waals surface area contributed by atoms with Crippen molar-refractivity contribution in [3.05, 3.63) is 23.8 Å². The van der Waals surface area contributed by atoms with E-state index >= 15 is 0 Å². The van der Waals surface area contributed by atoms with Gasteiger partial charge < -0.3 is 14.6 Å². The fourth-order valence-electron chi connectivity index (χ4n) is 1.75. The van der Waals surface area contributed by atoms with E-state index in [9.17, 15) is 5.11 Å². The molecule has 0 aliphatic rings. The van der Waals surface area contributed by atoms with Gasteiger partial charge in [-0.05, 0) is 19.9 Å². The first-order valence-electron chi connectivity index (χ1n) is 6.17. The Bertz CT molecular complexity index is 366. The van der Waals surface area contributed by atoms with Crippen LogP contribution in [0.1, 0.15) is 19.4 Å². The third-order valence-electron chi connectivity index (χ3n) is 2.98. The number of methoxy groups -OCH3 is 2. The molecule has 0 aliphatic heterocycles. The summed E-state index contributed by atoms with van der Waals surface area (Å²) in [6.45, 7) is 6.51. The summed E-state index contributed by atoms with van der Waals surface area (Å²) in [6, 6.07) is 5.81. The molecule has 0 radical (unpaired) electrons. The van der Waals surface area contributed by atoms with E-state index in [-0.39, 0.29) is 5.75 Å². The molecule has 0 heterocycles. The van der Waals surface area contributed by atoms with E-state index in [1.165, 1.54) is 0 Å². The normalized spacial score (nSPS) is 11.2. The van der Waals surface area contributed by atoms with Crippen molar-refractivity contribution in [2.24, 2.45) is 0 Å². The first-order chi connectivity index (χ1) is 8.58. The topological polar surface area (TPSA) is 41.9 Å². The van der Waals surface area contributed by atoms with Crippen molar-refractivity contribution in [1.29, 1.82) is 0 Å². The molecule has 1 aromatic carbocycles. The molecule has 1 N–H and O–H groups in total. The lowest BCUT2D eigenvalue weighted by atomic mass is 10.1. The molecule has 0 spiro atoms. The van der Waals surface area contributed by atoms with Crippen molar-refractivity contribution < 1.29 is 14.6 Å². The average Bonchev–Trinajstić information content (AvgIpc) is 2.35. The quantitative estimate of drug-likeness (QED) is 0.809. The van der Waals surface area contributed by atoms with Crippen LogP contribution < -0.4 is 4.74 Å². The van der Waals surface area contributed by atoms with Crippen molar-refractivity contribution in [1.82, 2.24) is 4.90 Å². The van der Waals surface area contributed by atoms with Crippen molar-refractivity contribution in [2.45, 2.75) is 26.4 Å². The zero-order chi connectivity index (χ0) is 13.5. The summed E-state index contributed by atoms with van der Waals surface area (Å²) in [5, 5.41) is 9.94. The van der Waals surface area contributed by atoms with Gasteiger partial charge in [0, 0.05) is 37.9 Å². The Balaban J connectivity index is 2.74. The largest absolute Gasteiger partial charge is 0.507 e. The summed E-state index contributed by atoms with van der Waals surface area (Å²) in [5.41, 5.74) is 0.903. The van der Waals surface area contributed by atoms with Crippen LogP contribution in [0.5, 0.6) is 11.5 Å². The zero-order valence-electron chi connectivity index (χ0n) is 11.6. The van der Waals surface area contributed by atoms with Crippen LogP contribution in [0.4, 0.5) is 0 Å². The van der Waals surface area contributed by atoms with Gasteiger partial charge in [-0.15, -0.1) is 0 Å². The van der Waals surface area contributed by atoms with Gasteiger partial charge >= 0.3 is 0 Å². The van der Waals surface area contributed by atoms with Gasteiger partial charge in [-0.3, -0.25) is 4.90 Å². The monoisotopic (exact) mass is 253 g/mol. The van der Waals surface area contributed by atoms with Crippen LogP contribution in [0.3, 0.4) is 0 Å². The predicted octanol–water partition coefficient (Wildman–Crippen LogP) is 2.26. The van der Waals surface area contributed by atoms with Gasteiger partial charge in [0.1, 0.15) is 11.5 Å². The second-order valence-corrected chi connectivity index (χ2v) is 4.55. The van der Waals surface area contributed by atoms with Crippen LogP contribution in [0.15, 0.2) is 18.2 Å². The van der Waals surface area contributed by atoms with E-state index in [0.717, 1.165) is 12.1 Å². The molecule has 0 bridgehead atoms. The van der Waals surface area contributed by atoms with Crippen LogP contribution in [0, 0.1) is 0 Å². The van der Waals surface area contributed by atoms with Gasteiger partial charge in [0.2, 0.25) is 0 Å². The molecule has 1 rings (SSSR count). The van der Waals surface area contributed by atoms with Gasteiger partial charge in [0.25, 0.3) is 0 Å². The van der Waals surface area contributed by atoms with Gasteiger partial charge in [0.05, 0.1) is 13.7 Å². The van der Waals surface area contributed by atoms with Crippen LogP contribution in [0.2, 0.25) is 0 Å². The Labute approximate surface area is 109 Å². The first-order valence-corrected chi connectivity index (χ1v) is 6.17. The minimum atomic E-state index is 0.275. The van der Waals surface area contributed by atoms with Crippen LogP contribution >= 0.6 is 0 Å². The van der Waals surface area contributed by atoms with E-state index in [1.807, 2.05) is 12.1 Å². The number of hydrogen-bond acceptors (Lipinski definition) is 4. The van der Waals surface area contributed by atoms with Crippen LogP contribution in [-0.2, 0) is 11.3 Å². The molecule has 0 unspecified atom stereocenters. The molecule has 1 aromatic rings. The van der Waals surface area contributed by atoms with E-state index in [1.54, 1.807) is 20.3 Å². The molecule has 18 heavy (non-hydrogen) atoms. The summed E-state index contributed by atoms with van der Waals surface area (Å²) in [7, 11) is 3.29. The Morgan fingerprint density at radius 2 is 2.00 bits per heavy atom. The maximum atomic E-state index is 9.94. The maximum Gasteiger partial charge on any atom is 0.123 e. The maximum absolute atomic E-state index is 9.94. The molecule has 0 fully saturated rings. The highest BCUT2D eigenvalue weighted by Gasteiger charge is 2.12. The zero-order valence-corrected chi connectivity index (χ0v) is 11.6. The summed E-state index contributed by atoms with van der Waals surface area (Å²) in [5.74, 6) is 0.946. The van der Waals surface area contributed by atoms with Gasteiger partial charge in [0.15, 0.2) is 0 Å². The van der Waals surface area contributed by atoms with Gasteiger partial charge in [-0.25, -0.2) is 0 Å². The van der Waals surface area contributed by atoms with Crippen molar-refractivity contribution >= 4 is 0 Å². The first kappa shape index (κ1) is 14.8. The molecular weight excluding hydrogens is 230 g/mol. The van der Waals surface area contributed by atoms with E-state index in [2.05, 4.69) is 18.7 Å². The number of benzene rings is 1. The molecule has 0 atom stereocenters. The number of phenols is 1. The molecule has 102 valence electrons. The van der Waals surface area contributed by atoms with E-state index < -0.39 is 0 Å². The standard InChI is InChI=1S/C14H23NO3/c1-11(2)15(7-8-17-3)10-12-5-6-13(18-4)9-14(12)16/h5-6,9,11,16H,7-8,10H2,1-4H3. The van der Waals surface area contributed by atoms with Crippen molar-refractivity contribution in [2.75, 3.05) is 27.4 Å². The molecule has 4 nitrogen and oxygen atoms in total. The SMILES string of the molecule is COCCN(Cc1ccc(OC)cc1O)C(C)C. The minimum absolute atomic E-state index is 0.275. The second kappa shape index (κ2) is 7.24. The molecule has 0 saturated carbocycles. The minimum Gasteiger partial charge on any atom is -0.507 e. The number of nitrogens with zero attached hydrogens (tertiary/aromatic N) is 1. The Morgan fingerprint density at radius 1 is 1.28 bits per heavy atom. The van der Waals surface area contributed by atoms with E-state index in [4.69, 9.17) is 9.47 Å². The molecule has 0 aromatic heterocycles. The number of ether oxygens (including phenoxy) is 2. The number of hydrogen-bond donors (Lipinski definition) is 1. The Hall–Kier alpha value is -1.26. The highest BCUT2D eigenvalue weighted by molar-refractivity contribution is 5.39. The summed E-state index contributed by atoms with van der Waals surface area (Å²) < 4.78 is 10.2. The molecule has 0 aliphatic carbocycles. The lowest BCUT2D eigenvalue weighted by Gasteiger charge is -2.26. The highest BCUT2D eigenvalue weighted by Crippen LogP contribution is 2.25. The summed E-state index contributed by atoms with van der Waals surface area (Å²) in [4.78, 5) is 2.25. The Kier molecular flexibility index (Phi) is 5.95. The Morgan fingerprint density at radius 3 is 2.50 bits per heavy atom. The predicted molar refractivity (Wildman–Crippen MR) is 72.1 cm³/mol. The number of aromatic hydroxyl groups is 1. The fraction of sp³-hybridized carbons (Fsp3) is 0.571.